The fraction of sp³-hybridized carbons (Fsp3) is 0.571. The second kappa shape index (κ2) is 6.55. The molecule has 0 spiro atoms. The number of hydrogen-bond acceptors (Lipinski definition) is 3. The maximum Gasteiger partial charge on any atom is 0.136 e. The molecular weight excluding hydrogens is 292 g/mol. The molecule has 0 atom stereocenters. The average molecular weight is 313 g/mol. The topological polar surface area (TPSA) is 24.5 Å². The number of rotatable bonds is 4. The van der Waals surface area contributed by atoms with E-state index < -0.39 is 0 Å². The van der Waals surface area contributed by atoms with Crippen LogP contribution in [0.2, 0.25) is 0 Å². The highest BCUT2D eigenvalue weighted by Gasteiger charge is 2.13. The maximum absolute atomic E-state index is 5.52. The van der Waals surface area contributed by atoms with Crippen LogP contribution >= 0.6 is 15.9 Å². The summed E-state index contributed by atoms with van der Waals surface area (Å²) in [5, 5.41) is 3.38. The largest absolute Gasteiger partial charge is 0.495 e. The van der Waals surface area contributed by atoms with Crippen molar-refractivity contribution in [3.05, 3.63) is 27.7 Å². The first kappa shape index (κ1) is 13.8. The normalized spacial score (nSPS) is 16.8. The Morgan fingerprint density at radius 2 is 2.06 bits per heavy atom. The molecule has 0 aromatic heterocycles. The van der Waals surface area contributed by atoms with Gasteiger partial charge in [-0.3, -0.25) is 0 Å². The molecular formula is C14H21BrN2O. The summed E-state index contributed by atoms with van der Waals surface area (Å²) in [6.07, 6.45) is 1.04. The molecule has 100 valence electrons. The van der Waals surface area contributed by atoms with Crippen molar-refractivity contribution in [1.29, 1.82) is 0 Å². The zero-order chi connectivity index (χ0) is 13.0. The third-order valence-electron chi connectivity index (χ3n) is 3.48. The quantitative estimate of drug-likeness (QED) is 0.922. The van der Waals surface area contributed by atoms with Gasteiger partial charge in [0.1, 0.15) is 5.75 Å². The number of nitrogens with one attached hydrogen (secondary N) is 1. The van der Waals surface area contributed by atoms with Crippen LogP contribution in [0, 0.1) is 6.92 Å². The van der Waals surface area contributed by atoms with E-state index >= 15 is 0 Å². The first-order valence-electron chi connectivity index (χ1n) is 6.47. The van der Waals surface area contributed by atoms with Gasteiger partial charge in [-0.2, -0.15) is 0 Å². The second-order valence-corrected chi connectivity index (χ2v) is 5.52. The Hall–Kier alpha value is -0.580. The third-order valence-corrected chi connectivity index (χ3v) is 4.47. The standard InChI is InChI=1S/C14H21BrN2O/c1-11-3-4-12(14(18-2)13(11)15)5-8-17-9-6-16-7-10-17/h3-4,16H,5-10H2,1-2H3. The Morgan fingerprint density at radius 3 is 2.72 bits per heavy atom. The van der Waals surface area contributed by atoms with E-state index in [1.54, 1.807) is 7.11 Å². The molecule has 1 saturated heterocycles. The summed E-state index contributed by atoms with van der Waals surface area (Å²) in [6, 6.07) is 4.33. The highest BCUT2D eigenvalue weighted by atomic mass is 79.9. The van der Waals surface area contributed by atoms with Gasteiger partial charge in [-0.05, 0) is 40.4 Å². The van der Waals surface area contributed by atoms with Gasteiger partial charge in [-0.1, -0.05) is 12.1 Å². The lowest BCUT2D eigenvalue weighted by molar-refractivity contribution is 0.243. The Bertz CT molecular complexity index is 403. The monoisotopic (exact) mass is 312 g/mol. The van der Waals surface area contributed by atoms with Crippen LogP contribution in [0.1, 0.15) is 11.1 Å². The van der Waals surface area contributed by atoms with Crippen LogP contribution in [0.4, 0.5) is 0 Å². The Kier molecular flexibility index (Phi) is 5.03. The van der Waals surface area contributed by atoms with Gasteiger partial charge in [0.05, 0.1) is 11.6 Å². The smallest absolute Gasteiger partial charge is 0.136 e. The molecule has 0 amide bonds. The molecule has 1 aliphatic rings. The van der Waals surface area contributed by atoms with Crippen LogP contribution in [0.15, 0.2) is 16.6 Å². The van der Waals surface area contributed by atoms with Crippen LogP contribution in [0.3, 0.4) is 0 Å². The summed E-state index contributed by atoms with van der Waals surface area (Å²) >= 11 is 3.61. The molecule has 0 saturated carbocycles. The average Bonchev–Trinajstić information content (AvgIpc) is 2.41. The van der Waals surface area contributed by atoms with E-state index in [1.807, 2.05) is 0 Å². The Balaban J connectivity index is 2.02. The van der Waals surface area contributed by atoms with Crippen molar-refractivity contribution >= 4 is 15.9 Å². The van der Waals surface area contributed by atoms with Crippen molar-refractivity contribution in [1.82, 2.24) is 10.2 Å². The predicted molar refractivity (Wildman–Crippen MR) is 78.4 cm³/mol. The molecule has 1 fully saturated rings. The number of halogens is 1. The van der Waals surface area contributed by atoms with Crippen LogP contribution in [-0.4, -0.2) is 44.7 Å². The summed E-state index contributed by atoms with van der Waals surface area (Å²) < 4.78 is 6.61. The molecule has 0 radical (unpaired) electrons. The zero-order valence-electron chi connectivity index (χ0n) is 11.1. The SMILES string of the molecule is COc1c(CCN2CCNCC2)ccc(C)c1Br. The Labute approximate surface area is 118 Å². The van der Waals surface area contributed by atoms with Gasteiger partial charge in [-0.25, -0.2) is 0 Å². The van der Waals surface area contributed by atoms with Gasteiger partial charge in [0, 0.05) is 32.7 Å². The van der Waals surface area contributed by atoms with E-state index in [2.05, 4.69) is 45.2 Å². The summed E-state index contributed by atoms with van der Waals surface area (Å²) in [5.41, 5.74) is 2.51. The predicted octanol–water partition coefficient (Wildman–Crippen LogP) is 2.21. The number of benzene rings is 1. The van der Waals surface area contributed by atoms with Gasteiger partial charge in [0.2, 0.25) is 0 Å². The van der Waals surface area contributed by atoms with E-state index in [0.29, 0.717) is 0 Å². The minimum absolute atomic E-state index is 0.991. The molecule has 1 heterocycles. The van der Waals surface area contributed by atoms with Crippen molar-refractivity contribution in [3.8, 4) is 5.75 Å². The maximum atomic E-state index is 5.52. The summed E-state index contributed by atoms with van der Waals surface area (Å²) in [4.78, 5) is 2.50. The molecule has 3 nitrogen and oxygen atoms in total. The fourth-order valence-electron chi connectivity index (χ4n) is 2.33. The van der Waals surface area contributed by atoms with Gasteiger partial charge < -0.3 is 15.0 Å². The van der Waals surface area contributed by atoms with Gasteiger partial charge in [0.15, 0.2) is 0 Å². The molecule has 1 aromatic carbocycles. The van der Waals surface area contributed by atoms with E-state index in [-0.39, 0.29) is 0 Å². The summed E-state index contributed by atoms with van der Waals surface area (Å²) in [7, 11) is 1.74. The highest BCUT2D eigenvalue weighted by molar-refractivity contribution is 9.10. The van der Waals surface area contributed by atoms with Gasteiger partial charge >= 0.3 is 0 Å². The van der Waals surface area contributed by atoms with Crippen molar-refractivity contribution in [3.63, 3.8) is 0 Å². The summed E-state index contributed by atoms with van der Waals surface area (Å²) in [5.74, 6) is 0.991. The molecule has 1 aromatic rings. The van der Waals surface area contributed by atoms with Crippen LogP contribution < -0.4 is 10.1 Å². The van der Waals surface area contributed by atoms with Crippen molar-refractivity contribution in [2.75, 3.05) is 39.8 Å². The van der Waals surface area contributed by atoms with E-state index in [9.17, 15) is 0 Å². The lowest BCUT2D eigenvalue weighted by atomic mass is 10.1. The molecule has 0 bridgehead atoms. The van der Waals surface area contributed by atoms with Gasteiger partial charge in [0.25, 0.3) is 0 Å². The van der Waals surface area contributed by atoms with Crippen LogP contribution in [0.5, 0.6) is 5.75 Å². The molecule has 18 heavy (non-hydrogen) atoms. The first-order chi connectivity index (χ1) is 8.72. The van der Waals surface area contributed by atoms with E-state index in [0.717, 1.165) is 49.4 Å². The lowest BCUT2D eigenvalue weighted by Gasteiger charge is -2.27. The molecule has 1 aliphatic heterocycles. The molecule has 0 unspecified atom stereocenters. The summed E-state index contributed by atoms with van der Waals surface area (Å²) in [6.45, 7) is 7.70. The van der Waals surface area contributed by atoms with Gasteiger partial charge in [-0.15, -0.1) is 0 Å². The van der Waals surface area contributed by atoms with E-state index in [1.165, 1.54) is 11.1 Å². The molecule has 2 rings (SSSR count). The van der Waals surface area contributed by atoms with Crippen LogP contribution in [-0.2, 0) is 6.42 Å². The van der Waals surface area contributed by atoms with Crippen LogP contribution in [0.25, 0.3) is 0 Å². The number of hydrogen-bond donors (Lipinski definition) is 1. The van der Waals surface area contributed by atoms with Crippen molar-refractivity contribution < 1.29 is 4.74 Å². The minimum atomic E-state index is 0.991. The number of ether oxygens (including phenoxy) is 1. The lowest BCUT2D eigenvalue weighted by Crippen LogP contribution is -2.44. The Morgan fingerprint density at radius 1 is 1.33 bits per heavy atom. The fourth-order valence-corrected chi connectivity index (χ4v) is 2.87. The molecule has 0 aliphatic carbocycles. The molecule has 4 heteroatoms. The zero-order valence-corrected chi connectivity index (χ0v) is 12.7. The van der Waals surface area contributed by atoms with Crippen molar-refractivity contribution in [2.45, 2.75) is 13.3 Å². The number of piperazine rings is 1. The number of methoxy groups -OCH3 is 1. The van der Waals surface area contributed by atoms with E-state index in [4.69, 9.17) is 4.74 Å². The molecule has 1 N–H and O–H groups in total. The van der Waals surface area contributed by atoms with Crippen molar-refractivity contribution in [2.24, 2.45) is 0 Å². The number of nitrogens with zero attached hydrogens (tertiary/aromatic N) is 1. The second-order valence-electron chi connectivity index (χ2n) is 4.73. The highest BCUT2D eigenvalue weighted by Crippen LogP contribution is 2.32. The number of aryl methyl sites for hydroxylation is 1. The third kappa shape index (κ3) is 3.25. The first-order valence-corrected chi connectivity index (χ1v) is 7.26. The minimum Gasteiger partial charge on any atom is -0.495 e.